The summed E-state index contributed by atoms with van der Waals surface area (Å²) in [4.78, 5) is 1.38. The molecule has 0 bridgehead atoms. The molecule has 26 heavy (non-hydrogen) atoms. The van der Waals surface area contributed by atoms with Crippen molar-refractivity contribution in [2.45, 2.75) is 32.4 Å². The molecule has 1 heterocycles. The van der Waals surface area contributed by atoms with Crippen molar-refractivity contribution in [3.8, 4) is 0 Å². The summed E-state index contributed by atoms with van der Waals surface area (Å²) in [6.07, 6.45) is 2.00. The van der Waals surface area contributed by atoms with E-state index in [1.165, 1.54) is 28.5 Å². The Kier molecular flexibility index (Phi) is 6.83. The molecule has 3 aromatic rings. The number of aliphatic hydroxyl groups excluding tert-OH is 1. The van der Waals surface area contributed by atoms with E-state index in [1.807, 2.05) is 0 Å². The molecule has 0 saturated heterocycles. The van der Waals surface area contributed by atoms with E-state index in [0.29, 0.717) is 6.54 Å². The first-order chi connectivity index (χ1) is 12.4. The zero-order valence-electron chi connectivity index (χ0n) is 15.0. The minimum Gasteiger partial charge on any atom is -0.385 e. The van der Waals surface area contributed by atoms with Crippen LogP contribution in [0.2, 0.25) is 0 Å². The van der Waals surface area contributed by atoms with E-state index in [9.17, 15) is 5.11 Å². The quantitative estimate of drug-likeness (QED) is 0.439. The topological polar surface area (TPSA) is 29.6 Å². The number of hydrogen-bond acceptors (Lipinski definition) is 1. The average Bonchev–Trinajstić information content (AvgIpc) is 2.86. The fourth-order valence-electron chi connectivity index (χ4n) is 3.57. The van der Waals surface area contributed by atoms with E-state index in [4.69, 9.17) is 0 Å². The molecule has 3 nitrogen and oxygen atoms in total. The molecule has 1 unspecified atom stereocenters. The molecule has 0 aliphatic carbocycles. The van der Waals surface area contributed by atoms with Gasteiger partial charge < -0.3 is 14.6 Å². The molecule has 2 N–H and O–H groups in total. The zero-order chi connectivity index (χ0) is 18.8. The van der Waals surface area contributed by atoms with E-state index in [2.05, 4.69) is 96.7 Å². The Labute approximate surface area is 179 Å². The van der Waals surface area contributed by atoms with Gasteiger partial charge in [-0.1, -0.05) is 45.2 Å². The van der Waals surface area contributed by atoms with Crippen LogP contribution in [0.3, 0.4) is 0 Å². The third-order valence-corrected chi connectivity index (χ3v) is 6.33. The number of benzene rings is 2. The van der Waals surface area contributed by atoms with Crippen LogP contribution in [0.5, 0.6) is 0 Å². The van der Waals surface area contributed by atoms with Crippen molar-refractivity contribution in [1.29, 1.82) is 0 Å². The maximum atomic E-state index is 10.7. The Balaban J connectivity index is 2.01. The number of unbranched alkanes of at least 4 members (excludes halogenated alkanes) is 1. The number of likely N-dealkylation sites (N-methyl/N-ethyl adjacent to an activating group) is 1. The number of aliphatic hydroxyl groups is 1. The molecule has 0 radical (unpaired) electrons. The van der Waals surface area contributed by atoms with Crippen LogP contribution in [0.1, 0.15) is 19.8 Å². The SMILES string of the molecule is CCCC[NH+](C)C[C@H](O)Cn1c2ccc(Br)cc2c2cc(Br)cc(Br)c21. The second kappa shape index (κ2) is 8.74. The van der Waals surface area contributed by atoms with Gasteiger partial charge in [-0.05, 0) is 52.7 Å². The molecule has 0 aliphatic heterocycles. The van der Waals surface area contributed by atoms with Gasteiger partial charge in [0.1, 0.15) is 12.6 Å². The fourth-order valence-corrected chi connectivity index (χ4v) is 5.37. The summed E-state index contributed by atoms with van der Waals surface area (Å²) >= 11 is 10.9. The van der Waals surface area contributed by atoms with E-state index < -0.39 is 0 Å². The first-order valence-corrected chi connectivity index (χ1v) is 11.3. The van der Waals surface area contributed by atoms with E-state index in [1.54, 1.807) is 0 Å². The highest BCUT2D eigenvalue weighted by atomic mass is 79.9. The van der Waals surface area contributed by atoms with E-state index in [-0.39, 0.29) is 6.10 Å². The van der Waals surface area contributed by atoms with Crippen LogP contribution < -0.4 is 4.90 Å². The number of aromatic nitrogens is 1. The van der Waals surface area contributed by atoms with Crippen molar-refractivity contribution < 1.29 is 10.0 Å². The highest BCUT2D eigenvalue weighted by molar-refractivity contribution is 9.11. The predicted octanol–water partition coefficient (Wildman–Crippen LogP) is 4.76. The summed E-state index contributed by atoms with van der Waals surface area (Å²) in [7, 11) is 2.16. The van der Waals surface area contributed by atoms with Gasteiger partial charge in [0, 0.05) is 29.7 Å². The Hall–Kier alpha value is -0.400. The van der Waals surface area contributed by atoms with Crippen molar-refractivity contribution in [2.75, 3.05) is 20.1 Å². The van der Waals surface area contributed by atoms with Crippen LogP contribution in [-0.4, -0.2) is 35.9 Å². The molecular weight excluding hydrogens is 524 g/mol. The molecule has 0 spiro atoms. The number of quaternary nitrogens is 1. The average molecular weight is 548 g/mol. The van der Waals surface area contributed by atoms with Crippen molar-refractivity contribution in [3.63, 3.8) is 0 Å². The van der Waals surface area contributed by atoms with Gasteiger partial charge in [-0.3, -0.25) is 0 Å². The summed E-state index contributed by atoms with van der Waals surface area (Å²) in [6.45, 7) is 4.65. The van der Waals surface area contributed by atoms with E-state index in [0.717, 1.165) is 37.5 Å². The minimum absolute atomic E-state index is 0.384. The summed E-state index contributed by atoms with van der Waals surface area (Å²) in [6, 6.07) is 10.6. The number of fused-ring (bicyclic) bond motifs is 3. The fraction of sp³-hybridized carbons (Fsp3) is 0.400. The number of hydrogen-bond donors (Lipinski definition) is 2. The lowest BCUT2D eigenvalue weighted by molar-refractivity contribution is -0.883. The lowest BCUT2D eigenvalue weighted by Gasteiger charge is -2.19. The summed E-state index contributed by atoms with van der Waals surface area (Å²) < 4.78 is 5.38. The van der Waals surface area contributed by atoms with Crippen LogP contribution in [0.4, 0.5) is 0 Å². The lowest BCUT2D eigenvalue weighted by atomic mass is 10.2. The Bertz CT molecular complexity index is 922. The molecule has 0 fully saturated rings. The maximum absolute atomic E-state index is 10.7. The third kappa shape index (κ3) is 4.36. The molecule has 3 rings (SSSR count). The number of nitrogens with one attached hydrogen (secondary N) is 1. The molecule has 2 atom stereocenters. The Morgan fingerprint density at radius 1 is 1.08 bits per heavy atom. The summed E-state index contributed by atoms with van der Waals surface area (Å²) in [5.41, 5.74) is 2.28. The molecule has 2 aromatic carbocycles. The molecule has 0 aliphatic rings. The van der Waals surface area contributed by atoms with Crippen molar-refractivity contribution in [2.24, 2.45) is 0 Å². The Morgan fingerprint density at radius 3 is 2.54 bits per heavy atom. The van der Waals surface area contributed by atoms with Gasteiger partial charge >= 0.3 is 0 Å². The Morgan fingerprint density at radius 2 is 1.81 bits per heavy atom. The number of rotatable bonds is 7. The van der Waals surface area contributed by atoms with Crippen LogP contribution in [0.25, 0.3) is 21.8 Å². The first kappa shape index (κ1) is 20.3. The van der Waals surface area contributed by atoms with Crippen LogP contribution in [0, 0.1) is 0 Å². The smallest absolute Gasteiger partial charge is 0.121 e. The second-order valence-corrected chi connectivity index (χ2v) is 9.66. The molecule has 1 aromatic heterocycles. The first-order valence-electron chi connectivity index (χ1n) is 8.96. The number of halogens is 3. The minimum atomic E-state index is -0.384. The maximum Gasteiger partial charge on any atom is 0.121 e. The van der Waals surface area contributed by atoms with Gasteiger partial charge in [-0.2, -0.15) is 0 Å². The van der Waals surface area contributed by atoms with Gasteiger partial charge in [0.25, 0.3) is 0 Å². The summed E-state index contributed by atoms with van der Waals surface area (Å²) in [5.74, 6) is 0. The van der Waals surface area contributed by atoms with Crippen LogP contribution in [-0.2, 0) is 6.54 Å². The van der Waals surface area contributed by atoms with Crippen LogP contribution >= 0.6 is 47.8 Å². The predicted molar refractivity (Wildman–Crippen MR) is 120 cm³/mol. The van der Waals surface area contributed by atoms with Crippen LogP contribution in [0.15, 0.2) is 43.7 Å². The van der Waals surface area contributed by atoms with Crippen molar-refractivity contribution in [3.05, 3.63) is 43.7 Å². The zero-order valence-corrected chi connectivity index (χ0v) is 19.8. The molecule has 140 valence electrons. The molecule has 0 saturated carbocycles. The van der Waals surface area contributed by atoms with Gasteiger partial charge in [-0.25, -0.2) is 0 Å². The largest absolute Gasteiger partial charge is 0.385 e. The molecule has 0 amide bonds. The lowest BCUT2D eigenvalue weighted by Crippen LogP contribution is -3.10. The van der Waals surface area contributed by atoms with Gasteiger partial charge in [0.2, 0.25) is 0 Å². The van der Waals surface area contributed by atoms with Crippen molar-refractivity contribution >= 4 is 69.6 Å². The highest BCUT2D eigenvalue weighted by Crippen LogP contribution is 2.37. The highest BCUT2D eigenvalue weighted by Gasteiger charge is 2.18. The molecule has 6 heteroatoms. The normalized spacial score (nSPS) is 14.2. The van der Waals surface area contributed by atoms with Gasteiger partial charge in [0.05, 0.1) is 25.7 Å². The molecular formula is C20H24Br3N2O+. The summed E-state index contributed by atoms with van der Waals surface area (Å²) in [5, 5.41) is 13.1. The van der Waals surface area contributed by atoms with Gasteiger partial charge in [0.15, 0.2) is 0 Å². The van der Waals surface area contributed by atoms with Gasteiger partial charge in [-0.15, -0.1) is 0 Å². The standard InChI is InChI=1S/C20H23Br3N2O/c1-3-4-7-24(2)11-15(26)12-25-19-6-5-13(21)8-16(19)17-9-14(22)10-18(23)20(17)25/h5-6,8-10,15,26H,3-4,7,11-12H2,1-2H3/p+1/t15-/m0/s1. The monoisotopic (exact) mass is 545 g/mol. The third-order valence-electron chi connectivity index (χ3n) is 4.77. The van der Waals surface area contributed by atoms with E-state index >= 15 is 0 Å². The number of nitrogens with zero attached hydrogens (tertiary/aromatic N) is 1. The van der Waals surface area contributed by atoms with Crippen molar-refractivity contribution in [1.82, 2.24) is 4.57 Å². The second-order valence-electron chi connectivity index (χ2n) is 6.97.